The molecule has 2 aliphatic rings. The van der Waals surface area contributed by atoms with Gasteiger partial charge in [0.05, 0.1) is 22.6 Å². The highest BCUT2D eigenvalue weighted by atomic mass is 35.5. The quantitative estimate of drug-likeness (QED) is 0.604. The van der Waals surface area contributed by atoms with Crippen LogP contribution in [-0.2, 0) is 7.05 Å². The third kappa shape index (κ3) is 3.46. The molecule has 5 rings (SSSR count). The fourth-order valence-corrected chi connectivity index (χ4v) is 4.81. The van der Waals surface area contributed by atoms with Gasteiger partial charge in [0.15, 0.2) is 10.8 Å². The fraction of sp³-hybridized carbons (Fsp3) is 0.409. The fourth-order valence-electron chi connectivity index (χ4n) is 4.66. The Morgan fingerprint density at radius 2 is 1.97 bits per heavy atom. The van der Waals surface area contributed by atoms with E-state index in [0.29, 0.717) is 28.7 Å². The Balaban J connectivity index is 1.60. The molecule has 0 amide bonds. The number of nitrogens with one attached hydrogen (secondary N) is 1. The zero-order valence-electron chi connectivity index (χ0n) is 18.0. The standard InChI is InChI=1S/C22H23ClN6O3/c1-10-4-14(11(2)24-16-7-17(23)26-27-19(16)21(31)32)18-15(5-10)20(30)28(3)22(25-18)29-8-12-6-13(12)9-29/h4-5,7,11-13H,6,8-9H2,1-3H3,(H,24,26)(H,31,32). The van der Waals surface area contributed by atoms with E-state index >= 15 is 0 Å². The number of aromatic carboxylic acids is 1. The number of halogens is 1. The highest BCUT2D eigenvalue weighted by Gasteiger charge is 2.46. The number of carboxylic acid groups (broad SMARTS) is 1. The molecule has 0 bridgehead atoms. The van der Waals surface area contributed by atoms with Gasteiger partial charge in [0, 0.05) is 31.8 Å². The average molecular weight is 455 g/mol. The number of benzene rings is 1. The Morgan fingerprint density at radius 1 is 1.25 bits per heavy atom. The molecule has 1 saturated heterocycles. The van der Waals surface area contributed by atoms with Gasteiger partial charge in [-0.15, -0.1) is 10.2 Å². The maximum Gasteiger partial charge on any atom is 0.358 e. The highest BCUT2D eigenvalue weighted by molar-refractivity contribution is 6.29. The van der Waals surface area contributed by atoms with Gasteiger partial charge in [0.1, 0.15) is 0 Å². The van der Waals surface area contributed by atoms with Gasteiger partial charge in [0.25, 0.3) is 5.56 Å². The number of hydrogen-bond acceptors (Lipinski definition) is 7. The van der Waals surface area contributed by atoms with Crippen LogP contribution in [0.15, 0.2) is 23.0 Å². The van der Waals surface area contributed by atoms with E-state index in [-0.39, 0.29) is 28.1 Å². The summed E-state index contributed by atoms with van der Waals surface area (Å²) in [6.45, 7) is 5.66. The Labute approximate surface area is 189 Å². The summed E-state index contributed by atoms with van der Waals surface area (Å²) >= 11 is 5.95. The lowest BCUT2D eigenvalue weighted by atomic mass is 10.0. The van der Waals surface area contributed by atoms with Crippen molar-refractivity contribution in [2.75, 3.05) is 23.3 Å². The van der Waals surface area contributed by atoms with Crippen LogP contribution in [0.5, 0.6) is 0 Å². The molecular formula is C22H23ClN6O3. The van der Waals surface area contributed by atoms with E-state index in [1.165, 1.54) is 12.5 Å². The van der Waals surface area contributed by atoms with Crippen molar-refractivity contribution in [2.24, 2.45) is 18.9 Å². The molecule has 1 aliphatic carbocycles. The van der Waals surface area contributed by atoms with Gasteiger partial charge in [0.2, 0.25) is 5.95 Å². The minimum atomic E-state index is -1.21. The first-order valence-corrected chi connectivity index (χ1v) is 10.9. The first-order chi connectivity index (χ1) is 15.2. The first kappa shape index (κ1) is 20.7. The molecule has 2 N–H and O–H groups in total. The zero-order valence-corrected chi connectivity index (χ0v) is 18.7. The summed E-state index contributed by atoms with van der Waals surface area (Å²) < 4.78 is 1.63. The average Bonchev–Trinajstić information content (AvgIpc) is 3.35. The van der Waals surface area contributed by atoms with Crippen molar-refractivity contribution in [3.63, 3.8) is 0 Å². The van der Waals surface area contributed by atoms with Crippen LogP contribution in [0.3, 0.4) is 0 Å². The molecule has 2 aromatic heterocycles. The monoisotopic (exact) mass is 454 g/mol. The Bertz CT molecular complexity index is 1310. The summed E-state index contributed by atoms with van der Waals surface area (Å²) in [5.41, 5.74) is 2.26. The van der Waals surface area contributed by atoms with Gasteiger partial charge in [-0.1, -0.05) is 17.7 Å². The van der Waals surface area contributed by atoms with Crippen LogP contribution < -0.4 is 15.8 Å². The zero-order chi connectivity index (χ0) is 22.7. The number of aryl methyl sites for hydroxylation is 1. The lowest BCUT2D eigenvalue weighted by Crippen LogP contribution is -2.31. The van der Waals surface area contributed by atoms with Crippen molar-refractivity contribution in [1.29, 1.82) is 0 Å². The van der Waals surface area contributed by atoms with Crippen LogP contribution in [0, 0.1) is 18.8 Å². The molecule has 1 aliphatic heterocycles. The third-order valence-electron chi connectivity index (χ3n) is 6.40. The molecule has 3 aromatic rings. The largest absolute Gasteiger partial charge is 0.476 e. The lowest BCUT2D eigenvalue weighted by molar-refractivity contribution is 0.0690. The smallest absolute Gasteiger partial charge is 0.358 e. The summed E-state index contributed by atoms with van der Waals surface area (Å²) in [5.74, 6) is 0.879. The van der Waals surface area contributed by atoms with E-state index in [9.17, 15) is 14.7 Å². The SMILES string of the molecule is Cc1cc(C(C)Nc2cc(Cl)nnc2C(=O)O)c2nc(N3CC4CC4C3)n(C)c(=O)c2c1. The maximum atomic E-state index is 13.2. The van der Waals surface area contributed by atoms with Crippen molar-refractivity contribution in [3.8, 4) is 0 Å². The first-order valence-electron chi connectivity index (χ1n) is 10.5. The molecule has 10 heteroatoms. The Kier molecular flexibility index (Phi) is 4.81. The molecular weight excluding hydrogens is 432 g/mol. The molecule has 32 heavy (non-hydrogen) atoms. The number of nitrogens with zero attached hydrogens (tertiary/aromatic N) is 5. The van der Waals surface area contributed by atoms with E-state index in [1.807, 2.05) is 26.0 Å². The molecule has 0 spiro atoms. The molecule has 1 saturated carbocycles. The molecule has 3 atom stereocenters. The molecule has 2 fully saturated rings. The molecule has 1 aromatic carbocycles. The maximum absolute atomic E-state index is 13.2. The van der Waals surface area contributed by atoms with Gasteiger partial charge in [-0.25, -0.2) is 9.78 Å². The number of fused-ring (bicyclic) bond motifs is 2. The van der Waals surface area contributed by atoms with Crippen molar-refractivity contribution in [3.05, 3.63) is 50.5 Å². The van der Waals surface area contributed by atoms with Crippen LogP contribution in [0.25, 0.3) is 10.9 Å². The molecule has 3 heterocycles. The Morgan fingerprint density at radius 3 is 2.66 bits per heavy atom. The van der Waals surface area contributed by atoms with Crippen LogP contribution in [0.1, 0.15) is 41.0 Å². The van der Waals surface area contributed by atoms with Crippen LogP contribution in [-0.4, -0.2) is 43.9 Å². The van der Waals surface area contributed by atoms with Crippen LogP contribution in [0.2, 0.25) is 5.15 Å². The van der Waals surface area contributed by atoms with E-state index in [4.69, 9.17) is 16.6 Å². The number of hydrogen-bond donors (Lipinski definition) is 2. The normalized spacial score (nSPS) is 20.3. The van der Waals surface area contributed by atoms with Gasteiger partial charge in [-0.2, -0.15) is 0 Å². The summed E-state index contributed by atoms with van der Waals surface area (Å²) in [5, 5.41) is 20.6. The molecule has 9 nitrogen and oxygen atoms in total. The summed E-state index contributed by atoms with van der Waals surface area (Å²) in [6, 6.07) is 4.88. The van der Waals surface area contributed by atoms with Gasteiger partial charge >= 0.3 is 5.97 Å². The number of anilines is 2. The van der Waals surface area contributed by atoms with Gasteiger partial charge in [-0.05, 0) is 43.7 Å². The van der Waals surface area contributed by atoms with E-state index in [0.717, 1.165) is 24.2 Å². The molecule has 166 valence electrons. The van der Waals surface area contributed by atoms with E-state index < -0.39 is 5.97 Å². The molecule has 0 radical (unpaired) electrons. The Hall–Kier alpha value is -3.20. The van der Waals surface area contributed by atoms with Crippen molar-refractivity contribution < 1.29 is 9.90 Å². The van der Waals surface area contributed by atoms with Crippen molar-refractivity contribution >= 4 is 40.1 Å². The second-order valence-corrected chi connectivity index (χ2v) is 9.17. The second-order valence-electron chi connectivity index (χ2n) is 8.79. The number of carboxylic acids is 1. The number of aromatic nitrogens is 4. The minimum Gasteiger partial charge on any atom is -0.476 e. The minimum absolute atomic E-state index is 0.0840. The van der Waals surface area contributed by atoms with Crippen molar-refractivity contribution in [1.82, 2.24) is 19.7 Å². The topological polar surface area (TPSA) is 113 Å². The third-order valence-corrected chi connectivity index (χ3v) is 6.58. The summed E-state index contributed by atoms with van der Waals surface area (Å²) in [6.07, 6.45) is 1.26. The van der Waals surface area contributed by atoms with Crippen LogP contribution >= 0.6 is 11.6 Å². The predicted molar refractivity (Wildman–Crippen MR) is 122 cm³/mol. The summed E-state index contributed by atoms with van der Waals surface area (Å²) in [4.78, 5) is 31.9. The number of carbonyl (C=O) groups is 1. The highest BCUT2D eigenvalue weighted by Crippen LogP contribution is 2.46. The van der Waals surface area contributed by atoms with E-state index in [1.54, 1.807) is 11.6 Å². The summed E-state index contributed by atoms with van der Waals surface area (Å²) in [7, 11) is 1.77. The van der Waals surface area contributed by atoms with Gasteiger partial charge < -0.3 is 15.3 Å². The van der Waals surface area contributed by atoms with E-state index in [2.05, 4.69) is 20.4 Å². The van der Waals surface area contributed by atoms with Gasteiger partial charge in [-0.3, -0.25) is 9.36 Å². The lowest BCUT2D eigenvalue weighted by Gasteiger charge is -2.24. The predicted octanol–water partition coefficient (Wildman–Crippen LogP) is 3.01. The van der Waals surface area contributed by atoms with Crippen LogP contribution in [0.4, 0.5) is 11.6 Å². The number of rotatable bonds is 5. The molecule has 3 unspecified atom stereocenters. The van der Waals surface area contributed by atoms with Crippen molar-refractivity contribution in [2.45, 2.75) is 26.3 Å². The second kappa shape index (κ2) is 7.44. The number of piperidine rings is 1.